The summed E-state index contributed by atoms with van der Waals surface area (Å²) >= 11 is 9.07. The van der Waals surface area contributed by atoms with Crippen LogP contribution in [0, 0.1) is 5.92 Å². The first-order valence-electron chi connectivity index (χ1n) is 4.92. The Hall–Kier alpha value is -0.260. The second kappa shape index (κ2) is 4.55. The van der Waals surface area contributed by atoms with Gasteiger partial charge in [-0.2, -0.15) is 0 Å². The fourth-order valence-corrected chi connectivity index (χ4v) is 3.40. The Kier molecular flexibility index (Phi) is 3.47. The number of sulfonamides is 1. The van der Waals surface area contributed by atoms with Crippen LogP contribution in [0.1, 0.15) is 12.8 Å². The Bertz CT molecular complexity index is 500. The molecule has 1 N–H and O–H groups in total. The van der Waals surface area contributed by atoms with Gasteiger partial charge in [0.1, 0.15) is 0 Å². The van der Waals surface area contributed by atoms with Crippen LogP contribution in [0.15, 0.2) is 22.7 Å². The summed E-state index contributed by atoms with van der Waals surface area (Å²) in [5.74, 6) is 0.556. The number of hydrogen-bond donors (Lipinski definition) is 1. The number of benzene rings is 1. The Morgan fingerprint density at radius 2 is 2.12 bits per heavy atom. The molecule has 0 aliphatic heterocycles. The molecule has 0 atom stereocenters. The molecule has 0 amide bonds. The van der Waals surface area contributed by atoms with E-state index in [4.69, 9.17) is 11.6 Å². The van der Waals surface area contributed by atoms with E-state index in [2.05, 4.69) is 20.7 Å². The van der Waals surface area contributed by atoms with E-state index in [-0.39, 0.29) is 5.75 Å². The number of anilines is 1. The second-order valence-electron chi connectivity index (χ2n) is 3.96. The maximum absolute atomic E-state index is 11.7. The van der Waals surface area contributed by atoms with Crippen LogP contribution in [-0.2, 0) is 10.0 Å². The van der Waals surface area contributed by atoms with Crippen LogP contribution < -0.4 is 4.72 Å². The van der Waals surface area contributed by atoms with Gasteiger partial charge in [0.25, 0.3) is 0 Å². The van der Waals surface area contributed by atoms with Crippen LogP contribution in [0.25, 0.3) is 0 Å². The largest absolute Gasteiger partial charge is 0.284 e. The van der Waals surface area contributed by atoms with Crippen LogP contribution in [0.4, 0.5) is 5.69 Å². The van der Waals surface area contributed by atoms with Crippen molar-refractivity contribution in [3.63, 3.8) is 0 Å². The minimum Gasteiger partial charge on any atom is -0.284 e. The maximum Gasteiger partial charge on any atom is 0.232 e. The third-order valence-corrected chi connectivity index (χ3v) is 5.02. The van der Waals surface area contributed by atoms with Gasteiger partial charge in [0.15, 0.2) is 0 Å². The quantitative estimate of drug-likeness (QED) is 0.924. The van der Waals surface area contributed by atoms with Crippen molar-refractivity contribution in [1.82, 2.24) is 0 Å². The van der Waals surface area contributed by atoms with Gasteiger partial charge in [-0.15, -0.1) is 0 Å². The molecule has 6 heteroatoms. The standard InChI is InChI=1S/C10H11BrClNO2S/c11-9-5-8(3-4-10(9)12)13-16(14,15)6-7-1-2-7/h3-5,7,13H,1-2,6H2. The zero-order valence-electron chi connectivity index (χ0n) is 8.41. The van der Waals surface area contributed by atoms with E-state index < -0.39 is 10.0 Å². The predicted octanol–water partition coefficient (Wildman–Crippen LogP) is 3.25. The van der Waals surface area contributed by atoms with Crippen LogP contribution in [0.5, 0.6) is 0 Å². The van der Waals surface area contributed by atoms with Crippen molar-refractivity contribution in [3.05, 3.63) is 27.7 Å². The Balaban J connectivity index is 2.10. The molecule has 0 radical (unpaired) electrons. The van der Waals surface area contributed by atoms with E-state index >= 15 is 0 Å². The molecule has 3 nitrogen and oxygen atoms in total. The molecule has 88 valence electrons. The Morgan fingerprint density at radius 3 is 2.69 bits per heavy atom. The van der Waals surface area contributed by atoms with E-state index in [1.54, 1.807) is 18.2 Å². The molecule has 16 heavy (non-hydrogen) atoms. The van der Waals surface area contributed by atoms with E-state index in [0.717, 1.165) is 12.8 Å². The molecule has 0 aromatic heterocycles. The summed E-state index contributed by atoms with van der Waals surface area (Å²) in [5, 5.41) is 0.560. The highest BCUT2D eigenvalue weighted by Crippen LogP contribution is 2.31. The Morgan fingerprint density at radius 1 is 1.44 bits per heavy atom. The molecule has 0 heterocycles. The van der Waals surface area contributed by atoms with Gasteiger partial charge < -0.3 is 0 Å². The van der Waals surface area contributed by atoms with Gasteiger partial charge in [0.05, 0.1) is 10.8 Å². The minimum atomic E-state index is -3.21. The molecule has 1 aliphatic rings. The molecular formula is C10H11BrClNO2S. The third-order valence-electron chi connectivity index (χ3n) is 2.34. The predicted molar refractivity (Wildman–Crippen MR) is 69.3 cm³/mol. The molecule has 0 bridgehead atoms. The lowest BCUT2D eigenvalue weighted by Crippen LogP contribution is -2.17. The first-order chi connectivity index (χ1) is 7.46. The van der Waals surface area contributed by atoms with Crippen molar-refractivity contribution in [1.29, 1.82) is 0 Å². The molecule has 1 saturated carbocycles. The molecule has 0 saturated heterocycles. The number of rotatable bonds is 4. The van der Waals surface area contributed by atoms with Crippen LogP contribution in [-0.4, -0.2) is 14.2 Å². The average Bonchev–Trinajstić information content (AvgIpc) is 2.94. The zero-order chi connectivity index (χ0) is 11.8. The van der Waals surface area contributed by atoms with Crippen molar-refractivity contribution in [3.8, 4) is 0 Å². The highest BCUT2D eigenvalue weighted by Gasteiger charge is 2.27. The monoisotopic (exact) mass is 323 g/mol. The molecule has 1 aromatic carbocycles. The van der Waals surface area contributed by atoms with Crippen molar-refractivity contribution in [2.24, 2.45) is 5.92 Å². The number of halogens is 2. The first-order valence-corrected chi connectivity index (χ1v) is 7.74. The van der Waals surface area contributed by atoms with Crippen molar-refractivity contribution >= 4 is 43.2 Å². The first kappa shape index (κ1) is 12.2. The van der Waals surface area contributed by atoms with Crippen LogP contribution in [0.2, 0.25) is 5.02 Å². The van der Waals surface area contributed by atoms with Gasteiger partial charge in [-0.05, 0) is 52.9 Å². The van der Waals surface area contributed by atoms with E-state index in [0.29, 0.717) is 21.1 Å². The minimum absolute atomic E-state index is 0.216. The van der Waals surface area contributed by atoms with Gasteiger partial charge in [0.2, 0.25) is 10.0 Å². The zero-order valence-corrected chi connectivity index (χ0v) is 11.6. The summed E-state index contributed by atoms with van der Waals surface area (Å²) in [6, 6.07) is 4.96. The SMILES string of the molecule is O=S(=O)(CC1CC1)Nc1ccc(Cl)c(Br)c1. The van der Waals surface area contributed by atoms with Crippen molar-refractivity contribution < 1.29 is 8.42 Å². The fraction of sp³-hybridized carbons (Fsp3) is 0.400. The molecule has 2 rings (SSSR count). The smallest absolute Gasteiger partial charge is 0.232 e. The van der Waals surface area contributed by atoms with Crippen LogP contribution in [0.3, 0.4) is 0 Å². The summed E-state index contributed by atoms with van der Waals surface area (Å²) in [6.45, 7) is 0. The summed E-state index contributed by atoms with van der Waals surface area (Å²) in [4.78, 5) is 0. The van der Waals surface area contributed by atoms with Gasteiger partial charge >= 0.3 is 0 Å². The molecule has 1 fully saturated rings. The lowest BCUT2D eigenvalue weighted by Gasteiger charge is -2.08. The van der Waals surface area contributed by atoms with Crippen molar-refractivity contribution in [2.45, 2.75) is 12.8 Å². The third kappa shape index (κ3) is 3.37. The molecule has 1 aromatic rings. The van der Waals surface area contributed by atoms with Gasteiger partial charge in [-0.1, -0.05) is 11.6 Å². The second-order valence-corrected chi connectivity index (χ2v) is 6.98. The van der Waals surface area contributed by atoms with Gasteiger partial charge in [-0.3, -0.25) is 4.72 Å². The maximum atomic E-state index is 11.7. The van der Waals surface area contributed by atoms with Crippen LogP contribution >= 0.6 is 27.5 Å². The molecule has 0 unspecified atom stereocenters. The molecule has 0 spiro atoms. The lowest BCUT2D eigenvalue weighted by atomic mass is 10.3. The lowest BCUT2D eigenvalue weighted by molar-refractivity contribution is 0.597. The summed E-state index contributed by atoms with van der Waals surface area (Å²) < 4.78 is 26.6. The molecular weight excluding hydrogens is 314 g/mol. The van der Waals surface area contributed by atoms with E-state index in [9.17, 15) is 8.42 Å². The van der Waals surface area contributed by atoms with Gasteiger partial charge in [-0.25, -0.2) is 8.42 Å². The molecule has 1 aliphatic carbocycles. The van der Waals surface area contributed by atoms with E-state index in [1.807, 2.05) is 0 Å². The Labute approximate surface area is 108 Å². The van der Waals surface area contributed by atoms with Crippen molar-refractivity contribution in [2.75, 3.05) is 10.5 Å². The summed E-state index contributed by atoms with van der Waals surface area (Å²) in [6.07, 6.45) is 2.04. The number of nitrogens with one attached hydrogen (secondary N) is 1. The fourth-order valence-electron chi connectivity index (χ4n) is 1.38. The highest BCUT2D eigenvalue weighted by molar-refractivity contribution is 9.10. The summed E-state index contributed by atoms with van der Waals surface area (Å²) in [5.41, 5.74) is 0.539. The van der Waals surface area contributed by atoms with Gasteiger partial charge in [0, 0.05) is 10.2 Å². The average molecular weight is 325 g/mol. The highest BCUT2D eigenvalue weighted by atomic mass is 79.9. The summed E-state index contributed by atoms with van der Waals surface area (Å²) in [7, 11) is -3.21. The normalized spacial score (nSPS) is 16.1. The topological polar surface area (TPSA) is 46.2 Å². The number of hydrogen-bond acceptors (Lipinski definition) is 2. The van der Waals surface area contributed by atoms with E-state index in [1.165, 1.54) is 0 Å².